The van der Waals surface area contributed by atoms with Crippen molar-refractivity contribution in [1.82, 2.24) is 4.90 Å². The van der Waals surface area contributed by atoms with Crippen LogP contribution in [0.5, 0.6) is 0 Å². The summed E-state index contributed by atoms with van der Waals surface area (Å²) in [6.07, 6.45) is 5.03. The number of carboxylic acid groups (broad SMARTS) is 1. The lowest BCUT2D eigenvalue weighted by Gasteiger charge is -2.10. The monoisotopic (exact) mass is 207 g/mol. The van der Waals surface area contributed by atoms with E-state index in [2.05, 4.69) is 5.92 Å². The van der Waals surface area contributed by atoms with E-state index in [-0.39, 0.29) is 18.1 Å². The van der Waals surface area contributed by atoms with Gasteiger partial charge in [-0.1, -0.05) is 5.92 Å². The van der Waals surface area contributed by atoms with Crippen molar-refractivity contribution in [2.45, 2.75) is 0 Å². The van der Waals surface area contributed by atoms with Crippen molar-refractivity contribution in [3.05, 3.63) is 23.7 Å². The Morgan fingerprint density at radius 2 is 2.13 bits per heavy atom. The molecule has 0 unspecified atom stereocenters. The molecule has 0 aliphatic heterocycles. The number of carbonyl (C=O) groups excluding carboxylic acids is 1. The third kappa shape index (κ3) is 2.38. The van der Waals surface area contributed by atoms with Crippen LogP contribution in [0, 0.1) is 12.3 Å². The third-order valence-corrected chi connectivity index (χ3v) is 1.70. The maximum Gasteiger partial charge on any atom is 0.371 e. The minimum absolute atomic E-state index is 0.0369. The van der Waals surface area contributed by atoms with Gasteiger partial charge in [0.15, 0.2) is 5.76 Å². The van der Waals surface area contributed by atoms with Crippen LogP contribution < -0.4 is 0 Å². The van der Waals surface area contributed by atoms with E-state index in [0.29, 0.717) is 0 Å². The largest absolute Gasteiger partial charge is 0.475 e. The van der Waals surface area contributed by atoms with Crippen LogP contribution in [-0.4, -0.2) is 35.5 Å². The van der Waals surface area contributed by atoms with Crippen LogP contribution in [0.25, 0.3) is 0 Å². The molecule has 1 amide bonds. The molecule has 78 valence electrons. The first-order valence-corrected chi connectivity index (χ1v) is 4.08. The second-order valence-electron chi connectivity index (χ2n) is 2.83. The van der Waals surface area contributed by atoms with Crippen LogP contribution in [0.2, 0.25) is 0 Å². The van der Waals surface area contributed by atoms with Gasteiger partial charge in [0.2, 0.25) is 5.76 Å². The number of carbonyl (C=O) groups is 2. The summed E-state index contributed by atoms with van der Waals surface area (Å²) in [6.45, 7) is 0.141. The highest BCUT2D eigenvalue weighted by atomic mass is 16.4. The van der Waals surface area contributed by atoms with Gasteiger partial charge in [-0.05, 0) is 12.1 Å². The molecule has 0 saturated carbocycles. The van der Waals surface area contributed by atoms with Crippen molar-refractivity contribution >= 4 is 11.9 Å². The molecule has 0 aliphatic rings. The van der Waals surface area contributed by atoms with Gasteiger partial charge in [0.05, 0.1) is 6.54 Å². The molecule has 0 saturated heterocycles. The SMILES string of the molecule is C#CCN(C)C(=O)c1ccc(C(=O)O)o1. The number of carboxylic acids is 1. The standard InChI is InChI=1S/C10H9NO4/c1-3-6-11(2)9(12)7-4-5-8(15-7)10(13)14/h1,4-5H,6H2,2H3,(H,13,14). The summed E-state index contributed by atoms with van der Waals surface area (Å²) >= 11 is 0. The zero-order valence-electron chi connectivity index (χ0n) is 8.06. The lowest BCUT2D eigenvalue weighted by atomic mass is 10.4. The fourth-order valence-electron chi connectivity index (χ4n) is 0.965. The van der Waals surface area contributed by atoms with E-state index in [4.69, 9.17) is 15.9 Å². The Morgan fingerprint density at radius 3 is 2.60 bits per heavy atom. The minimum atomic E-state index is -1.21. The van der Waals surface area contributed by atoms with E-state index in [1.807, 2.05) is 0 Å². The summed E-state index contributed by atoms with van der Waals surface area (Å²) in [6, 6.07) is 2.53. The molecule has 15 heavy (non-hydrogen) atoms. The second-order valence-corrected chi connectivity index (χ2v) is 2.83. The molecule has 5 heteroatoms. The molecule has 1 N–H and O–H groups in total. The Morgan fingerprint density at radius 1 is 1.53 bits per heavy atom. The molecule has 0 aliphatic carbocycles. The summed E-state index contributed by atoms with van der Waals surface area (Å²) in [4.78, 5) is 23.3. The van der Waals surface area contributed by atoms with Gasteiger partial charge in [0, 0.05) is 7.05 Å². The molecular formula is C10H9NO4. The Hall–Kier alpha value is -2.22. The van der Waals surface area contributed by atoms with Crippen molar-refractivity contribution in [3.63, 3.8) is 0 Å². The highest BCUT2D eigenvalue weighted by Gasteiger charge is 2.17. The lowest BCUT2D eigenvalue weighted by Crippen LogP contribution is -2.26. The number of hydrogen-bond donors (Lipinski definition) is 1. The van der Waals surface area contributed by atoms with Gasteiger partial charge in [-0.3, -0.25) is 4.79 Å². The predicted octanol–water partition coefficient (Wildman–Crippen LogP) is 0.683. The first-order valence-electron chi connectivity index (χ1n) is 4.08. The van der Waals surface area contributed by atoms with Crippen molar-refractivity contribution in [2.24, 2.45) is 0 Å². The molecule has 0 spiro atoms. The summed E-state index contributed by atoms with van der Waals surface area (Å²) in [5.74, 6) is 0.329. The van der Waals surface area contributed by atoms with Gasteiger partial charge in [0.25, 0.3) is 5.91 Å². The average molecular weight is 207 g/mol. The zero-order chi connectivity index (χ0) is 11.4. The molecule has 0 radical (unpaired) electrons. The molecule has 1 aromatic heterocycles. The predicted molar refractivity (Wildman–Crippen MR) is 51.5 cm³/mol. The maximum absolute atomic E-state index is 11.5. The average Bonchev–Trinajstić information content (AvgIpc) is 2.65. The van der Waals surface area contributed by atoms with Crippen molar-refractivity contribution in [2.75, 3.05) is 13.6 Å². The van der Waals surface area contributed by atoms with E-state index in [1.54, 1.807) is 0 Å². The van der Waals surface area contributed by atoms with Crippen molar-refractivity contribution in [3.8, 4) is 12.3 Å². The topological polar surface area (TPSA) is 70.8 Å². The van der Waals surface area contributed by atoms with E-state index in [9.17, 15) is 9.59 Å². The molecular weight excluding hydrogens is 198 g/mol. The van der Waals surface area contributed by atoms with E-state index in [1.165, 1.54) is 24.1 Å². The second kappa shape index (κ2) is 4.33. The van der Waals surface area contributed by atoms with Crippen LogP contribution in [-0.2, 0) is 0 Å². The first-order chi connectivity index (χ1) is 7.06. The normalized spacial score (nSPS) is 9.33. The molecule has 0 aromatic carbocycles. The molecule has 5 nitrogen and oxygen atoms in total. The Kier molecular flexibility index (Phi) is 3.13. The van der Waals surface area contributed by atoms with E-state index >= 15 is 0 Å². The Bertz CT molecular complexity index is 427. The molecule has 1 aromatic rings. The molecule has 0 atom stereocenters. The number of furan rings is 1. The highest BCUT2D eigenvalue weighted by Crippen LogP contribution is 2.09. The van der Waals surface area contributed by atoms with Gasteiger partial charge in [-0.2, -0.15) is 0 Å². The lowest BCUT2D eigenvalue weighted by molar-refractivity contribution is 0.0655. The Balaban J connectivity index is 2.84. The van der Waals surface area contributed by atoms with Crippen LogP contribution >= 0.6 is 0 Å². The fourth-order valence-corrected chi connectivity index (χ4v) is 0.965. The molecule has 1 rings (SSSR count). The van der Waals surface area contributed by atoms with Crippen LogP contribution in [0.4, 0.5) is 0 Å². The minimum Gasteiger partial charge on any atom is -0.475 e. The molecule has 1 heterocycles. The molecule has 0 bridgehead atoms. The van der Waals surface area contributed by atoms with Crippen LogP contribution in [0.3, 0.4) is 0 Å². The quantitative estimate of drug-likeness (QED) is 0.740. The summed E-state index contributed by atoms with van der Waals surface area (Å²) in [5.41, 5.74) is 0. The van der Waals surface area contributed by atoms with Gasteiger partial charge in [-0.25, -0.2) is 4.79 Å². The smallest absolute Gasteiger partial charge is 0.371 e. The van der Waals surface area contributed by atoms with Crippen LogP contribution in [0.15, 0.2) is 16.5 Å². The third-order valence-electron chi connectivity index (χ3n) is 1.70. The fraction of sp³-hybridized carbons (Fsp3) is 0.200. The van der Waals surface area contributed by atoms with Crippen molar-refractivity contribution < 1.29 is 19.1 Å². The number of aromatic carboxylic acids is 1. The van der Waals surface area contributed by atoms with E-state index in [0.717, 1.165) is 0 Å². The first kappa shape index (κ1) is 10.9. The maximum atomic E-state index is 11.5. The van der Waals surface area contributed by atoms with Gasteiger partial charge < -0.3 is 14.4 Å². The summed E-state index contributed by atoms with van der Waals surface area (Å²) in [7, 11) is 1.51. The number of amides is 1. The summed E-state index contributed by atoms with van der Waals surface area (Å²) in [5, 5.41) is 8.57. The highest BCUT2D eigenvalue weighted by molar-refractivity contribution is 5.93. The van der Waals surface area contributed by atoms with Crippen molar-refractivity contribution in [1.29, 1.82) is 0 Å². The number of nitrogens with zero attached hydrogens (tertiary/aromatic N) is 1. The number of rotatable bonds is 3. The summed E-state index contributed by atoms with van der Waals surface area (Å²) < 4.78 is 4.81. The van der Waals surface area contributed by atoms with Gasteiger partial charge in [0.1, 0.15) is 0 Å². The van der Waals surface area contributed by atoms with Gasteiger partial charge >= 0.3 is 5.97 Å². The van der Waals surface area contributed by atoms with E-state index < -0.39 is 11.9 Å². The zero-order valence-corrected chi connectivity index (χ0v) is 8.06. The Labute approximate surface area is 86.3 Å². The molecule has 0 fully saturated rings. The van der Waals surface area contributed by atoms with Crippen LogP contribution in [0.1, 0.15) is 21.1 Å². The number of hydrogen-bond acceptors (Lipinski definition) is 3. The number of terminal acetylenes is 1. The van der Waals surface area contributed by atoms with Gasteiger partial charge in [-0.15, -0.1) is 6.42 Å².